The summed E-state index contributed by atoms with van der Waals surface area (Å²) in [6.45, 7) is 5.53. The summed E-state index contributed by atoms with van der Waals surface area (Å²) < 4.78 is 6.37. The largest absolute Gasteiger partial charge is 0.392 e. The number of ether oxygens (including phenoxy) is 1. The van der Waals surface area contributed by atoms with Crippen LogP contribution in [-0.2, 0) is 11.3 Å². The molecule has 0 spiro atoms. The monoisotopic (exact) mass is 298 g/mol. The standard InChI is InChI=1S/C20H26O2/c1-11-8-13-15-16-18(15)20(2,17(13)19(16)21)9-14(11)22-10-12-6-4-3-5-7-12/h3-7,11,13-19,21H,8-10H2,1-2H3/t11-,13?,14-,15?,16?,17?,18?,19+,20?/m0/s1. The van der Waals surface area contributed by atoms with Crippen molar-refractivity contribution in [2.24, 2.45) is 40.9 Å². The summed E-state index contributed by atoms with van der Waals surface area (Å²) in [6, 6.07) is 10.5. The number of benzene rings is 1. The van der Waals surface area contributed by atoms with Gasteiger partial charge in [-0.05, 0) is 59.3 Å². The van der Waals surface area contributed by atoms with E-state index in [4.69, 9.17) is 4.74 Å². The van der Waals surface area contributed by atoms with E-state index in [1.807, 2.05) is 0 Å². The van der Waals surface area contributed by atoms with Crippen molar-refractivity contribution < 1.29 is 9.84 Å². The zero-order chi connectivity index (χ0) is 15.1. The van der Waals surface area contributed by atoms with Crippen LogP contribution in [-0.4, -0.2) is 17.3 Å². The fourth-order valence-corrected chi connectivity index (χ4v) is 6.86. The van der Waals surface area contributed by atoms with Crippen molar-refractivity contribution in [2.75, 3.05) is 0 Å². The van der Waals surface area contributed by atoms with E-state index in [0.29, 0.717) is 29.3 Å². The van der Waals surface area contributed by atoms with Crippen molar-refractivity contribution >= 4 is 0 Å². The second-order valence-electron chi connectivity index (χ2n) is 8.62. The van der Waals surface area contributed by atoms with E-state index in [9.17, 15) is 5.11 Å². The van der Waals surface area contributed by atoms with Crippen LogP contribution in [0.25, 0.3) is 0 Å². The van der Waals surface area contributed by atoms with Gasteiger partial charge in [-0.15, -0.1) is 0 Å². The van der Waals surface area contributed by atoms with Crippen LogP contribution < -0.4 is 0 Å². The first-order valence-corrected chi connectivity index (χ1v) is 8.95. The molecule has 1 aromatic rings. The average molecular weight is 298 g/mol. The summed E-state index contributed by atoms with van der Waals surface area (Å²) >= 11 is 0. The SMILES string of the molecule is C[C@H]1CC2C3C4C3C(C)(C[C@@H]1OCc1ccccc1)C2[C@@H]4O. The Morgan fingerprint density at radius 3 is 2.68 bits per heavy atom. The predicted molar refractivity (Wildman–Crippen MR) is 85.0 cm³/mol. The van der Waals surface area contributed by atoms with Crippen molar-refractivity contribution in [2.45, 2.75) is 45.5 Å². The molecule has 0 heterocycles. The lowest BCUT2D eigenvalue weighted by Crippen LogP contribution is -2.32. The van der Waals surface area contributed by atoms with Gasteiger partial charge >= 0.3 is 0 Å². The first-order chi connectivity index (χ1) is 10.6. The molecule has 0 amide bonds. The molecule has 5 aliphatic rings. The molecule has 6 bridgehead atoms. The summed E-state index contributed by atoms with van der Waals surface area (Å²) in [7, 11) is 0. The lowest BCUT2D eigenvalue weighted by atomic mass is 9.75. The molecule has 1 N–H and O–H groups in total. The highest BCUT2D eigenvalue weighted by atomic mass is 16.5. The van der Waals surface area contributed by atoms with E-state index in [-0.39, 0.29) is 6.10 Å². The molecule has 0 saturated heterocycles. The van der Waals surface area contributed by atoms with Crippen molar-refractivity contribution in [1.82, 2.24) is 0 Å². The van der Waals surface area contributed by atoms with Crippen LogP contribution in [0.3, 0.4) is 0 Å². The van der Waals surface area contributed by atoms with E-state index >= 15 is 0 Å². The molecule has 0 radical (unpaired) electrons. The maximum Gasteiger partial charge on any atom is 0.0720 e. The van der Waals surface area contributed by atoms with Gasteiger partial charge in [0.05, 0.1) is 18.8 Å². The Kier molecular flexibility index (Phi) is 2.69. The fraction of sp³-hybridized carbons (Fsp3) is 0.700. The van der Waals surface area contributed by atoms with Gasteiger partial charge in [0, 0.05) is 0 Å². The molecular formula is C20H26O2. The van der Waals surface area contributed by atoms with Gasteiger partial charge in [-0.2, -0.15) is 0 Å². The first kappa shape index (κ1) is 13.6. The minimum atomic E-state index is -0.00919. The zero-order valence-corrected chi connectivity index (χ0v) is 13.5. The molecular weight excluding hydrogens is 272 g/mol. The van der Waals surface area contributed by atoms with Gasteiger partial charge in [-0.3, -0.25) is 0 Å². The molecule has 22 heavy (non-hydrogen) atoms. The van der Waals surface area contributed by atoms with Crippen molar-refractivity contribution in [1.29, 1.82) is 0 Å². The molecule has 2 nitrogen and oxygen atoms in total. The highest BCUT2D eigenvalue weighted by molar-refractivity contribution is 5.30. The lowest BCUT2D eigenvalue weighted by molar-refractivity contribution is -0.0273. The van der Waals surface area contributed by atoms with Crippen LogP contribution in [0.1, 0.15) is 32.3 Å². The van der Waals surface area contributed by atoms with Crippen molar-refractivity contribution in [3.63, 3.8) is 0 Å². The van der Waals surface area contributed by atoms with E-state index in [2.05, 4.69) is 44.2 Å². The van der Waals surface area contributed by atoms with E-state index < -0.39 is 0 Å². The maximum absolute atomic E-state index is 10.6. The third-order valence-corrected chi connectivity index (χ3v) is 7.60. The van der Waals surface area contributed by atoms with E-state index in [1.165, 1.54) is 12.0 Å². The van der Waals surface area contributed by atoms with Gasteiger partial charge < -0.3 is 9.84 Å². The summed E-state index contributed by atoms with van der Waals surface area (Å²) in [5.74, 6) is 4.23. The number of aliphatic hydroxyl groups is 1. The molecule has 9 atom stereocenters. The normalized spacial score (nSPS) is 54.3. The van der Waals surface area contributed by atoms with Crippen LogP contribution in [0.2, 0.25) is 0 Å². The molecule has 6 rings (SSSR count). The topological polar surface area (TPSA) is 29.5 Å². The summed E-state index contributed by atoms with van der Waals surface area (Å²) in [5, 5.41) is 10.6. The smallest absolute Gasteiger partial charge is 0.0720 e. The zero-order valence-electron chi connectivity index (χ0n) is 13.5. The minimum Gasteiger partial charge on any atom is -0.392 e. The number of rotatable bonds is 3. The maximum atomic E-state index is 10.6. The van der Waals surface area contributed by atoms with E-state index in [0.717, 1.165) is 30.8 Å². The second kappa shape index (κ2) is 4.36. The third-order valence-electron chi connectivity index (χ3n) is 7.60. The second-order valence-corrected chi connectivity index (χ2v) is 8.62. The van der Waals surface area contributed by atoms with Crippen molar-refractivity contribution in [3.8, 4) is 0 Å². The number of aliphatic hydroxyl groups excluding tert-OH is 1. The molecule has 5 fully saturated rings. The van der Waals surface area contributed by atoms with Gasteiger partial charge in [0.15, 0.2) is 0 Å². The molecule has 6 unspecified atom stereocenters. The first-order valence-electron chi connectivity index (χ1n) is 8.95. The molecule has 118 valence electrons. The van der Waals surface area contributed by atoms with Crippen LogP contribution >= 0.6 is 0 Å². The summed E-state index contributed by atoms with van der Waals surface area (Å²) in [4.78, 5) is 0. The Bertz CT molecular complexity index is 585. The Hall–Kier alpha value is -0.860. The fourth-order valence-electron chi connectivity index (χ4n) is 6.86. The highest BCUT2D eigenvalue weighted by Crippen LogP contribution is 2.83. The molecule has 0 aliphatic heterocycles. The van der Waals surface area contributed by atoms with Gasteiger partial charge in [0.2, 0.25) is 0 Å². The Morgan fingerprint density at radius 2 is 1.95 bits per heavy atom. The van der Waals surface area contributed by atoms with Crippen LogP contribution in [0.5, 0.6) is 0 Å². The molecule has 1 aromatic carbocycles. The summed E-state index contributed by atoms with van der Waals surface area (Å²) in [6.07, 6.45) is 2.75. The van der Waals surface area contributed by atoms with Crippen LogP contribution in [0.15, 0.2) is 30.3 Å². The number of hydrogen-bond donors (Lipinski definition) is 1. The Morgan fingerprint density at radius 1 is 1.18 bits per heavy atom. The molecule has 0 aromatic heterocycles. The van der Waals surface area contributed by atoms with Gasteiger partial charge in [-0.25, -0.2) is 0 Å². The highest BCUT2D eigenvalue weighted by Gasteiger charge is 2.82. The molecule has 5 aliphatic carbocycles. The van der Waals surface area contributed by atoms with Gasteiger partial charge in [-0.1, -0.05) is 44.2 Å². The summed E-state index contributed by atoms with van der Waals surface area (Å²) in [5.41, 5.74) is 1.61. The van der Waals surface area contributed by atoms with Crippen LogP contribution in [0, 0.1) is 40.9 Å². The third kappa shape index (κ3) is 1.58. The molecule has 5 saturated carbocycles. The van der Waals surface area contributed by atoms with Gasteiger partial charge in [0.1, 0.15) is 0 Å². The van der Waals surface area contributed by atoms with Crippen LogP contribution in [0.4, 0.5) is 0 Å². The Balaban J connectivity index is 1.35. The molecule has 2 heteroatoms. The van der Waals surface area contributed by atoms with Gasteiger partial charge in [0.25, 0.3) is 0 Å². The predicted octanol–water partition coefficient (Wildman–Crippen LogP) is 3.49. The number of hydrogen-bond acceptors (Lipinski definition) is 2. The van der Waals surface area contributed by atoms with E-state index in [1.54, 1.807) is 0 Å². The quantitative estimate of drug-likeness (QED) is 0.925. The van der Waals surface area contributed by atoms with Crippen molar-refractivity contribution in [3.05, 3.63) is 35.9 Å². The minimum absolute atomic E-state index is 0.00919. The lowest BCUT2D eigenvalue weighted by Gasteiger charge is -2.33. The average Bonchev–Trinajstić information content (AvgIpc) is 3.09. The Labute approximate surface area is 132 Å².